The van der Waals surface area contributed by atoms with Crippen LogP contribution in [0.1, 0.15) is 16.1 Å². The number of aromatic nitrogens is 1. The number of aliphatic hydroxyl groups excluding tert-OH is 1. The predicted molar refractivity (Wildman–Crippen MR) is 67.0 cm³/mol. The Hall–Kier alpha value is -2.40. The Bertz CT molecular complexity index is 579. The molecule has 0 spiro atoms. The smallest absolute Gasteiger partial charge is 0.355 e. The number of aliphatic hydroxyl groups is 1. The number of carboxylic acid groups (broad SMARTS) is 1. The van der Waals surface area contributed by atoms with Crippen molar-refractivity contribution >= 4 is 11.8 Å². The SMILES string of the molecule is Nc1ccc(-c2ccc(CO)cc2)c(C(=O)O)n1. The van der Waals surface area contributed by atoms with E-state index in [9.17, 15) is 4.79 Å². The Labute approximate surface area is 104 Å². The first kappa shape index (κ1) is 12.1. The topological polar surface area (TPSA) is 96.4 Å². The Balaban J connectivity index is 2.52. The molecular formula is C13H12N2O3. The van der Waals surface area contributed by atoms with Crippen LogP contribution in [-0.2, 0) is 6.61 Å². The van der Waals surface area contributed by atoms with Gasteiger partial charge in [0, 0.05) is 5.56 Å². The second-order valence-corrected chi connectivity index (χ2v) is 3.79. The lowest BCUT2D eigenvalue weighted by molar-refractivity contribution is 0.0691. The maximum atomic E-state index is 11.1. The van der Waals surface area contributed by atoms with Gasteiger partial charge in [-0.1, -0.05) is 24.3 Å². The molecule has 0 fully saturated rings. The van der Waals surface area contributed by atoms with Gasteiger partial charge in [-0.25, -0.2) is 9.78 Å². The van der Waals surface area contributed by atoms with E-state index in [0.29, 0.717) is 5.56 Å². The van der Waals surface area contributed by atoms with E-state index in [1.807, 2.05) is 0 Å². The third-order valence-electron chi connectivity index (χ3n) is 2.57. The van der Waals surface area contributed by atoms with E-state index in [2.05, 4.69) is 4.98 Å². The highest BCUT2D eigenvalue weighted by Crippen LogP contribution is 2.24. The van der Waals surface area contributed by atoms with Crippen molar-refractivity contribution in [2.24, 2.45) is 0 Å². The van der Waals surface area contributed by atoms with Gasteiger partial charge in [0.25, 0.3) is 0 Å². The molecule has 0 aliphatic carbocycles. The molecule has 1 heterocycles. The van der Waals surface area contributed by atoms with Crippen LogP contribution in [0.5, 0.6) is 0 Å². The van der Waals surface area contributed by atoms with Crippen LogP contribution >= 0.6 is 0 Å². The number of rotatable bonds is 3. The first-order valence-electron chi connectivity index (χ1n) is 5.32. The molecule has 0 atom stereocenters. The number of carboxylic acids is 1. The van der Waals surface area contributed by atoms with Crippen molar-refractivity contribution in [1.82, 2.24) is 4.98 Å². The second-order valence-electron chi connectivity index (χ2n) is 3.79. The van der Waals surface area contributed by atoms with Gasteiger partial charge in [-0.3, -0.25) is 0 Å². The minimum atomic E-state index is -1.12. The normalized spacial score (nSPS) is 10.3. The zero-order valence-corrected chi connectivity index (χ0v) is 9.50. The first-order valence-corrected chi connectivity index (χ1v) is 5.32. The number of carbonyl (C=O) groups is 1. The number of hydrogen-bond acceptors (Lipinski definition) is 4. The van der Waals surface area contributed by atoms with E-state index in [1.165, 1.54) is 0 Å². The van der Waals surface area contributed by atoms with E-state index in [1.54, 1.807) is 36.4 Å². The molecule has 0 saturated heterocycles. The van der Waals surface area contributed by atoms with Crippen molar-refractivity contribution in [2.75, 3.05) is 5.73 Å². The lowest BCUT2D eigenvalue weighted by Crippen LogP contribution is -2.05. The summed E-state index contributed by atoms with van der Waals surface area (Å²) < 4.78 is 0. The number of nitrogens with zero attached hydrogens (tertiary/aromatic N) is 1. The third kappa shape index (κ3) is 2.31. The van der Waals surface area contributed by atoms with Gasteiger partial charge >= 0.3 is 5.97 Å². The van der Waals surface area contributed by atoms with E-state index in [4.69, 9.17) is 15.9 Å². The van der Waals surface area contributed by atoms with Gasteiger partial charge < -0.3 is 15.9 Å². The number of benzene rings is 1. The van der Waals surface area contributed by atoms with Gasteiger partial charge in [-0.05, 0) is 23.3 Å². The van der Waals surface area contributed by atoms with Gasteiger partial charge in [0.05, 0.1) is 6.61 Å². The fraction of sp³-hybridized carbons (Fsp3) is 0.0769. The van der Waals surface area contributed by atoms with Crippen LogP contribution < -0.4 is 5.73 Å². The molecule has 2 rings (SSSR count). The molecule has 1 aromatic heterocycles. The zero-order chi connectivity index (χ0) is 13.1. The fourth-order valence-corrected chi connectivity index (χ4v) is 1.66. The van der Waals surface area contributed by atoms with Crippen LogP contribution in [0.3, 0.4) is 0 Å². The van der Waals surface area contributed by atoms with E-state index in [0.717, 1.165) is 11.1 Å². The monoisotopic (exact) mass is 244 g/mol. The Kier molecular flexibility index (Phi) is 3.25. The maximum absolute atomic E-state index is 11.1. The summed E-state index contributed by atoms with van der Waals surface area (Å²) in [5.41, 5.74) is 7.39. The number of nitrogen functional groups attached to an aromatic ring is 1. The molecular weight excluding hydrogens is 232 g/mol. The number of nitrogens with two attached hydrogens (primary N) is 1. The lowest BCUT2D eigenvalue weighted by Gasteiger charge is -2.07. The van der Waals surface area contributed by atoms with Crippen molar-refractivity contribution in [3.05, 3.63) is 47.7 Å². The minimum Gasteiger partial charge on any atom is -0.476 e. The Morgan fingerprint density at radius 2 is 1.83 bits per heavy atom. The fourth-order valence-electron chi connectivity index (χ4n) is 1.66. The molecule has 0 amide bonds. The summed E-state index contributed by atoms with van der Waals surface area (Å²) in [5.74, 6) is -0.952. The van der Waals surface area contributed by atoms with Crippen molar-refractivity contribution in [2.45, 2.75) is 6.61 Å². The largest absolute Gasteiger partial charge is 0.476 e. The molecule has 0 bridgehead atoms. The predicted octanol–water partition coefficient (Wildman–Crippen LogP) is 1.52. The summed E-state index contributed by atoms with van der Waals surface area (Å²) in [6.45, 7) is -0.0495. The first-order chi connectivity index (χ1) is 8.61. The molecule has 4 N–H and O–H groups in total. The molecule has 0 aliphatic rings. The molecule has 5 heteroatoms. The van der Waals surface area contributed by atoms with Gasteiger partial charge in [0.2, 0.25) is 0 Å². The van der Waals surface area contributed by atoms with Crippen molar-refractivity contribution in [3.8, 4) is 11.1 Å². The number of aromatic carboxylic acids is 1. The van der Waals surface area contributed by atoms with Gasteiger partial charge in [-0.2, -0.15) is 0 Å². The van der Waals surface area contributed by atoms with Crippen LogP contribution in [0.15, 0.2) is 36.4 Å². The average Bonchev–Trinajstić information content (AvgIpc) is 2.39. The average molecular weight is 244 g/mol. The molecule has 0 aliphatic heterocycles. The highest BCUT2D eigenvalue weighted by molar-refractivity contribution is 5.94. The van der Waals surface area contributed by atoms with Crippen LogP contribution in [0, 0.1) is 0 Å². The van der Waals surface area contributed by atoms with Crippen LogP contribution in [0.2, 0.25) is 0 Å². The number of pyridine rings is 1. The lowest BCUT2D eigenvalue weighted by atomic mass is 10.0. The summed E-state index contributed by atoms with van der Waals surface area (Å²) >= 11 is 0. The quantitative estimate of drug-likeness (QED) is 0.760. The third-order valence-corrected chi connectivity index (χ3v) is 2.57. The maximum Gasteiger partial charge on any atom is 0.355 e. The molecule has 92 valence electrons. The van der Waals surface area contributed by atoms with Gasteiger partial charge in [0.1, 0.15) is 5.82 Å². The molecule has 5 nitrogen and oxygen atoms in total. The second kappa shape index (κ2) is 4.85. The molecule has 18 heavy (non-hydrogen) atoms. The van der Waals surface area contributed by atoms with Gasteiger partial charge in [-0.15, -0.1) is 0 Å². The molecule has 1 aromatic carbocycles. The number of hydrogen-bond donors (Lipinski definition) is 3. The molecule has 0 radical (unpaired) electrons. The number of anilines is 1. The van der Waals surface area contributed by atoms with Crippen LogP contribution in [0.25, 0.3) is 11.1 Å². The van der Waals surface area contributed by atoms with Crippen LogP contribution in [0.4, 0.5) is 5.82 Å². The van der Waals surface area contributed by atoms with Crippen molar-refractivity contribution < 1.29 is 15.0 Å². The van der Waals surface area contributed by atoms with Crippen LogP contribution in [-0.4, -0.2) is 21.2 Å². The van der Waals surface area contributed by atoms with Crippen molar-refractivity contribution in [3.63, 3.8) is 0 Å². The summed E-state index contributed by atoms with van der Waals surface area (Å²) in [4.78, 5) is 14.9. The minimum absolute atomic E-state index is 0.0495. The van der Waals surface area contributed by atoms with E-state index < -0.39 is 5.97 Å². The Morgan fingerprint density at radius 3 is 2.39 bits per heavy atom. The van der Waals surface area contributed by atoms with Crippen molar-refractivity contribution in [1.29, 1.82) is 0 Å². The summed E-state index contributed by atoms with van der Waals surface area (Å²) in [6, 6.07) is 10.1. The van der Waals surface area contributed by atoms with E-state index in [-0.39, 0.29) is 18.1 Å². The van der Waals surface area contributed by atoms with Gasteiger partial charge in [0.15, 0.2) is 5.69 Å². The van der Waals surface area contributed by atoms with E-state index >= 15 is 0 Å². The highest BCUT2D eigenvalue weighted by Gasteiger charge is 2.13. The highest BCUT2D eigenvalue weighted by atomic mass is 16.4. The molecule has 0 saturated carbocycles. The summed E-state index contributed by atoms with van der Waals surface area (Å²) in [7, 11) is 0. The molecule has 2 aromatic rings. The Morgan fingerprint density at radius 1 is 1.17 bits per heavy atom. The standard InChI is InChI=1S/C13H12N2O3/c14-11-6-5-10(12(15-11)13(17)18)9-3-1-8(7-16)2-4-9/h1-6,16H,7H2,(H2,14,15)(H,17,18). The zero-order valence-electron chi connectivity index (χ0n) is 9.50. The molecule has 0 unspecified atom stereocenters. The summed E-state index contributed by atoms with van der Waals surface area (Å²) in [5, 5.41) is 18.0. The summed E-state index contributed by atoms with van der Waals surface area (Å²) in [6.07, 6.45) is 0.